The lowest BCUT2D eigenvalue weighted by Crippen LogP contribution is -2.39. The molecule has 4 aromatic rings. The Morgan fingerprint density at radius 3 is 1.73 bits per heavy atom. The average molecular weight is 1050 g/mol. The molecule has 2 aliphatic heterocycles. The molecule has 0 bridgehead atoms. The maximum absolute atomic E-state index is 14.6. The van der Waals surface area contributed by atoms with E-state index in [1.165, 1.54) is 30.9 Å². The predicted molar refractivity (Wildman–Crippen MR) is 200 cm³/mol. The monoisotopic (exact) mass is 1050 g/mol. The Morgan fingerprint density at radius 1 is 0.726 bits per heavy atom. The largest absolute Gasteiger partial charge is 0.523 e. The van der Waals surface area contributed by atoms with Gasteiger partial charge in [0.15, 0.2) is 31.5 Å². The van der Waals surface area contributed by atoms with E-state index in [0.717, 1.165) is 21.2 Å². The molecule has 2 amide bonds. The molecular weight excluding hydrogens is 1020 g/mol. The Kier molecular flexibility index (Phi) is 15.8. The number of alkyl halides is 9. The summed E-state index contributed by atoms with van der Waals surface area (Å²) in [7, 11) is -6.15. The molecule has 0 radical (unpaired) electrons. The molecule has 62 heavy (non-hydrogen) atoms. The zero-order valence-corrected chi connectivity index (χ0v) is 35.7. The molecule has 4 heterocycles. The maximum atomic E-state index is 14.6. The number of amides is 2. The second kappa shape index (κ2) is 19.5. The first kappa shape index (κ1) is 50.1. The lowest BCUT2D eigenvalue weighted by atomic mass is 10.0. The Morgan fingerprint density at radius 2 is 1.23 bits per heavy atom. The molecule has 342 valence electrons. The second-order valence-electron chi connectivity index (χ2n) is 13.2. The summed E-state index contributed by atoms with van der Waals surface area (Å²) in [5.41, 5.74) is -2.82. The number of aromatic amines is 1. The van der Waals surface area contributed by atoms with Crippen LogP contribution in [-0.2, 0) is 75.4 Å². The van der Waals surface area contributed by atoms with Gasteiger partial charge in [-0.25, -0.2) is 8.78 Å². The van der Waals surface area contributed by atoms with E-state index in [1.54, 1.807) is 11.0 Å². The van der Waals surface area contributed by atoms with Crippen LogP contribution in [0, 0.1) is 11.6 Å². The number of hydrogen-bond donors (Lipinski definition) is 1. The number of esters is 2. The fourth-order valence-corrected chi connectivity index (χ4v) is 7.27. The molecular formula is C35H31Br2F11N4O9S. The van der Waals surface area contributed by atoms with Gasteiger partial charge in [0.2, 0.25) is 0 Å². The third-order valence-electron chi connectivity index (χ3n) is 8.85. The third-order valence-corrected chi connectivity index (χ3v) is 11.1. The maximum Gasteiger partial charge on any atom is 0.523 e. The summed E-state index contributed by atoms with van der Waals surface area (Å²) >= 11 is 6.18. The van der Waals surface area contributed by atoms with E-state index in [-0.39, 0.29) is 47.8 Å². The highest BCUT2D eigenvalue weighted by Gasteiger charge is 2.49. The van der Waals surface area contributed by atoms with E-state index >= 15 is 0 Å². The molecule has 0 atom stereocenters. The zero-order valence-electron chi connectivity index (χ0n) is 31.7. The fraction of sp³-hybridized carbons (Fsp3) is 0.429. The van der Waals surface area contributed by atoms with Crippen LogP contribution in [0.3, 0.4) is 0 Å². The van der Waals surface area contributed by atoms with Crippen molar-refractivity contribution < 1.29 is 89.5 Å². The number of halogens is 13. The Hall–Kier alpha value is -4.50. The topological polar surface area (TPSA) is 157 Å². The van der Waals surface area contributed by atoms with Crippen LogP contribution in [0.25, 0.3) is 21.8 Å². The van der Waals surface area contributed by atoms with Gasteiger partial charge in [0.05, 0.1) is 20.0 Å². The van der Waals surface area contributed by atoms with Crippen LogP contribution in [0.5, 0.6) is 0 Å². The second-order valence-corrected chi connectivity index (χ2v) is 16.5. The number of carbonyl (C=O) groups is 4. The molecule has 2 aromatic carbocycles. The van der Waals surface area contributed by atoms with E-state index in [9.17, 15) is 75.9 Å². The van der Waals surface area contributed by atoms with Crippen molar-refractivity contribution in [2.45, 2.75) is 64.2 Å². The van der Waals surface area contributed by atoms with Crippen LogP contribution in [0.15, 0.2) is 33.2 Å². The van der Waals surface area contributed by atoms with Crippen molar-refractivity contribution >= 4 is 87.5 Å². The number of nitrogens with one attached hydrogen (secondary N) is 1. The van der Waals surface area contributed by atoms with Crippen LogP contribution < -0.4 is 0 Å². The van der Waals surface area contributed by atoms with Crippen molar-refractivity contribution in [3.63, 3.8) is 0 Å². The molecule has 0 fully saturated rings. The van der Waals surface area contributed by atoms with Gasteiger partial charge in [-0.3, -0.25) is 23.4 Å². The minimum Gasteiger partial charge on any atom is -0.456 e. The van der Waals surface area contributed by atoms with Crippen LogP contribution in [0.4, 0.5) is 48.3 Å². The highest BCUT2D eigenvalue weighted by Crippen LogP contribution is 2.37. The third kappa shape index (κ3) is 12.6. The number of hydrogen-bond acceptors (Lipinski definition) is 9. The Bertz CT molecular complexity index is 2470. The standard InChI is InChI=1S/C17H15BrF4N2O3.C15H14BrFN2O3.C3H2F6O3S/c1-9(25)27-7-14(26)23-5-4-13-11(6-23)10-2-3-12(18)15(19)16(10)24(13)8-17(20,21)22;1-8(20)22-7-13(21)19-5-4-12-10(6-19)9-2-3-11(16)14(17)15(9)18-12;4-2(5,6)1-12-13(10,11)3(7,8)9/h2-3H,4-8H2,1H3;2-3,18H,4-7H2,1H3;1H2. The van der Waals surface area contributed by atoms with Crippen molar-refractivity contribution in [2.24, 2.45) is 0 Å². The summed E-state index contributed by atoms with van der Waals surface area (Å²) in [5.74, 6) is -2.88. The average Bonchev–Trinajstić information content (AvgIpc) is 3.69. The van der Waals surface area contributed by atoms with Gasteiger partial charge >= 0.3 is 39.9 Å². The Balaban J connectivity index is 0.000000218. The van der Waals surface area contributed by atoms with Crippen molar-refractivity contribution in [3.8, 4) is 0 Å². The summed E-state index contributed by atoms with van der Waals surface area (Å²) < 4.78 is 169. The van der Waals surface area contributed by atoms with E-state index in [1.807, 2.05) is 6.07 Å². The van der Waals surface area contributed by atoms with Gasteiger partial charge in [-0.15, -0.1) is 0 Å². The van der Waals surface area contributed by atoms with Crippen molar-refractivity contribution in [2.75, 3.05) is 32.9 Å². The molecule has 0 aliphatic carbocycles. The summed E-state index contributed by atoms with van der Waals surface area (Å²) in [5, 5.41) is 1.11. The van der Waals surface area contributed by atoms with Gasteiger partial charge in [0.1, 0.15) is 6.54 Å². The molecule has 1 N–H and O–H groups in total. The van der Waals surface area contributed by atoms with Gasteiger partial charge in [-0.2, -0.15) is 47.9 Å². The van der Waals surface area contributed by atoms with E-state index < -0.39 is 71.4 Å². The number of rotatable bonds is 7. The molecule has 0 unspecified atom stereocenters. The lowest BCUT2D eigenvalue weighted by Gasteiger charge is -2.28. The number of benzene rings is 2. The molecule has 13 nitrogen and oxygen atoms in total. The van der Waals surface area contributed by atoms with Gasteiger partial charge in [-0.1, -0.05) is 12.1 Å². The summed E-state index contributed by atoms with van der Waals surface area (Å²) in [6.45, 7) is -0.975. The van der Waals surface area contributed by atoms with Gasteiger partial charge < -0.3 is 28.8 Å². The molecule has 27 heteroatoms. The zero-order chi connectivity index (χ0) is 46.7. The molecule has 2 aromatic heterocycles. The lowest BCUT2D eigenvalue weighted by molar-refractivity contribution is -0.156. The van der Waals surface area contributed by atoms with E-state index in [2.05, 4.69) is 45.8 Å². The van der Waals surface area contributed by atoms with Gasteiger partial charge in [0, 0.05) is 86.2 Å². The summed E-state index contributed by atoms with van der Waals surface area (Å²) in [4.78, 5) is 52.0. The number of ether oxygens (including phenoxy) is 2. The van der Waals surface area contributed by atoms with Gasteiger partial charge in [-0.05, 0) is 44.0 Å². The minimum absolute atomic E-state index is 0.0257. The summed E-state index contributed by atoms with van der Waals surface area (Å²) in [6.07, 6.45) is -8.88. The van der Waals surface area contributed by atoms with Crippen molar-refractivity contribution in [3.05, 3.63) is 67.4 Å². The molecule has 0 spiro atoms. The normalized spacial score (nSPS) is 14.3. The van der Waals surface area contributed by atoms with Crippen LogP contribution >= 0.6 is 31.9 Å². The van der Waals surface area contributed by atoms with E-state index in [4.69, 9.17) is 4.74 Å². The fourth-order valence-electron chi connectivity index (χ4n) is 6.20. The first-order valence-corrected chi connectivity index (χ1v) is 20.4. The van der Waals surface area contributed by atoms with Crippen LogP contribution in [0.1, 0.15) is 36.4 Å². The number of fused-ring (bicyclic) bond motifs is 6. The first-order valence-electron chi connectivity index (χ1n) is 17.4. The number of carbonyl (C=O) groups excluding carboxylic acids is 4. The van der Waals surface area contributed by atoms with E-state index in [0.29, 0.717) is 46.1 Å². The minimum atomic E-state index is -6.15. The van der Waals surface area contributed by atoms with Gasteiger partial charge in [0.25, 0.3) is 11.8 Å². The SMILES string of the molecule is CC(=O)OCC(=O)N1CCc2[nH]c3c(F)c(Br)ccc3c2C1.CC(=O)OCC(=O)N1CCc2c(c3ccc(Br)c(F)c3n2CC(F)(F)F)C1.O=S(=O)(OCC(F)(F)F)C(F)(F)F. The number of nitrogens with zero attached hydrogens (tertiary/aromatic N) is 3. The number of aromatic nitrogens is 2. The Labute approximate surface area is 359 Å². The van der Waals surface area contributed by atoms with Crippen molar-refractivity contribution in [1.29, 1.82) is 0 Å². The van der Waals surface area contributed by atoms with Crippen molar-refractivity contribution in [1.82, 2.24) is 19.4 Å². The molecule has 0 saturated heterocycles. The molecule has 0 saturated carbocycles. The molecule has 2 aliphatic rings. The number of H-pyrrole nitrogens is 1. The highest BCUT2D eigenvalue weighted by atomic mass is 79.9. The summed E-state index contributed by atoms with van der Waals surface area (Å²) in [6, 6.07) is 6.45. The smallest absolute Gasteiger partial charge is 0.456 e. The van der Waals surface area contributed by atoms with Crippen LogP contribution in [0.2, 0.25) is 0 Å². The highest BCUT2D eigenvalue weighted by molar-refractivity contribution is 9.10. The predicted octanol–water partition coefficient (Wildman–Crippen LogP) is 7.49. The van der Waals surface area contributed by atoms with Crippen LogP contribution in [-0.4, -0.2) is 102 Å². The first-order chi connectivity index (χ1) is 28.5. The quantitative estimate of drug-likeness (QED) is 0.0858. The molecule has 6 rings (SSSR count).